The highest BCUT2D eigenvalue weighted by Crippen LogP contribution is 2.28. The number of imidazole rings is 1. The van der Waals surface area contributed by atoms with Gasteiger partial charge in [-0.05, 0) is 37.5 Å². The van der Waals surface area contributed by atoms with Crippen molar-refractivity contribution in [3.63, 3.8) is 0 Å². The molecule has 0 aliphatic heterocycles. The van der Waals surface area contributed by atoms with Gasteiger partial charge >= 0.3 is 0 Å². The summed E-state index contributed by atoms with van der Waals surface area (Å²) in [4.78, 5) is 17.1. The van der Waals surface area contributed by atoms with Gasteiger partial charge < -0.3 is 9.88 Å². The van der Waals surface area contributed by atoms with Gasteiger partial charge in [-0.2, -0.15) is 0 Å². The standard InChI is InChI=1S/C21H23N3OS/c1-14-9-8-10-15(2)19(14)23-20(25)16(3)26-21-22-13-18(24(21)4)17-11-6-5-7-12-17/h5-13,16H,1-4H3,(H,23,25). The first-order chi connectivity index (χ1) is 12.5. The average molecular weight is 366 g/mol. The maximum Gasteiger partial charge on any atom is 0.237 e. The fourth-order valence-electron chi connectivity index (χ4n) is 2.83. The third-order valence-electron chi connectivity index (χ3n) is 4.40. The molecule has 0 aliphatic carbocycles. The molecule has 3 rings (SSSR count). The van der Waals surface area contributed by atoms with Crippen molar-refractivity contribution in [2.24, 2.45) is 7.05 Å². The summed E-state index contributed by atoms with van der Waals surface area (Å²) in [5, 5.41) is 3.64. The number of aryl methyl sites for hydroxylation is 2. The highest BCUT2D eigenvalue weighted by atomic mass is 32.2. The fourth-order valence-corrected chi connectivity index (χ4v) is 3.68. The third-order valence-corrected chi connectivity index (χ3v) is 5.55. The number of aromatic nitrogens is 2. The number of hydrogen-bond donors (Lipinski definition) is 1. The Labute approximate surface area is 158 Å². The van der Waals surface area contributed by atoms with Crippen LogP contribution in [-0.2, 0) is 11.8 Å². The first kappa shape index (κ1) is 18.3. The van der Waals surface area contributed by atoms with Crippen LogP contribution in [0.3, 0.4) is 0 Å². The smallest absolute Gasteiger partial charge is 0.237 e. The lowest BCUT2D eigenvalue weighted by Gasteiger charge is -2.15. The van der Waals surface area contributed by atoms with Crippen molar-refractivity contribution in [3.05, 3.63) is 65.9 Å². The van der Waals surface area contributed by atoms with Crippen molar-refractivity contribution in [2.45, 2.75) is 31.2 Å². The highest BCUT2D eigenvalue weighted by Gasteiger charge is 2.19. The summed E-state index contributed by atoms with van der Waals surface area (Å²) in [6.07, 6.45) is 1.85. The molecule has 1 amide bonds. The molecule has 3 aromatic rings. The van der Waals surface area contributed by atoms with Gasteiger partial charge in [-0.1, -0.05) is 60.3 Å². The number of benzene rings is 2. The molecule has 0 bridgehead atoms. The summed E-state index contributed by atoms with van der Waals surface area (Å²) in [5.41, 5.74) is 5.19. The molecule has 0 fully saturated rings. The maximum atomic E-state index is 12.6. The van der Waals surface area contributed by atoms with Crippen LogP contribution >= 0.6 is 11.8 Å². The van der Waals surface area contributed by atoms with E-state index in [-0.39, 0.29) is 11.2 Å². The van der Waals surface area contributed by atoms with Crippen LogP contribution in [0.2, 0.25) is 0 Å². The van der Waals surface area contributed by atoms with Crippen LogP contribution < -0.4 is 5.32 Å². The Morgan fingerprint density at radius 3 is 2.38 bits per heavy atom. The molecule has 0 saturated heterocycles. The number of para-hydroxylation sites is 1. The quantitative estimate of drug-likeness (QED) is 0.659. The first-order valence-electron chi connectivity index (χ1n) is 8.58. The van der Waals surface area contributed by atoms with E-state index in [2.05, 4.69) is 22.4 Å². The van der Waals surface area contributed by atoms with Gasteiger partial charge in [0.2, 0.25) is 5.91 Å². The van der Waals surface area contributed by atoms with Crippen molar-refractivity contribution in [2.75, 3.05) is 5.32 Å². The third kappa shape index (κ3) is 3.83. The van der Waals surface area contributed by atoms with Gasteiger partial charge in [0.15, 0.2) is 5.16 Å². The number of rotatable bonds is 5. The van der Waals surface area contributed by atoms with Crippen LogP contribution in [-0.4, -0.2) is 20.7 Å². The molecule has 0 aliphatic rings. The molecule has 26 heavy (non-hydrogen) atoms. The van der Waals surface area contributed by atoms with Gasteiger partial charge in [0.25, 0.3) is 0 Å². The first-order valence-corrected chi connectivity index (χ1v) is 9.46. The van der Waals surface area contributed by atoms with Crippen molar-refractivity contribution in [1.29, 1.82) is 0 Å². The minimum absolute atomic E-state index is 0.0170. The molecule has 134 valence electrons. The largest absolute Gasteiger partial charge is 0.325 e. The highest BCUT2D eigenvalue weighted by molar-refractivity contribution is 8.00. The number of carbonyl (C=O) groups excluding carboxylic acids is 1. The molecule has 0 saturated carbocycles. The van der Waals surface area contributed by atoms with Crippen LogP contribution in [0, 0.1) is 13.8 Å². The minimum atomic E-state index is -0.251. The van der Waals surface area contributed by atoms with E-state index >= 15 is 0 Å². The zero-order valence-electron chi connectivity index (χ0n) is 15.5. The van der Waals surface area contributed by atoms with Gasteiger partial charge in [-0.15, -0.1) is 0 Å². The molecular formula is C21H23N3OS. The molecule has 5 heteroatoms. The normalized spacial score (nSPS) is 12.0. The van der Waals surface area contributed by atoms with E-state index in [9.17, 15) is 4.79 Å². The Hall–Kier alpha value is -2.53. The summed E-state index contributed by atoms with van der Waals surface area (Å²) < 4.78 is 2.03. The van der Waals surface area contributed by atoms with Crippen molar-refractivity contribution in [3.8, 4) is 11.3 Å². The van der Waals surface area contributed by atoms with E-state index in [1.54, 1.807) is 0 Å². The van der Waals surface area contributed by atoms with Crippen LogP contribution in [0.25, 0.3) is 11.3 Å². The SMILES string of the molecule is Cc1cccc(C)c1NC(=O)C(C)Sc1ncc(-c2ccccc2)n1C. The zero-order chi connectivity index (χ0) is 18.7. The molecule has 1 aromatic heterocycles. The molecular weight excluding hydrogens is 342 g/mol. The Kier molecular flexibility index (Phi) is 5.47. The number of anilines is 1. The average Bonchev–Trinajstić information content (AvgIpc) is 2.99. The lowest BCUT2D eigenvalue weighted by Crippen LogP contribution is -2.23. The van der Waals surface area contributed by atoms with Gasteiger partial charge in [0.1, 0.15) is 0 Å². The number of thioether (sulfide) groups is 1. The van der Waals surface area contributed by atoms with Crippen LogP contribution in [0.1, 0.15) is 18.1 Å². The molecule has 1 unspecified atom stereocenters. The summed E-state index contributed by atoms with van der Waals surface area (Å²) >= 11 is 1.46. The van der Waals surface area contributed by atoms with Crippen molar-refractivity contribution in [1.82, 2.24) is 9.55 Å². The molecule has 1 atom stereocenters. The van der Waals surface area contributed by atoms with Crippen molar-refractivity contribution < 1.29 is 4.79 Å². The topological polar surface area (TPSA) is 46.9 Å². The molecule has 1 heterocycles. The van der Waals surface area contributed by atoms with E-state index in [1.807, 2.05) is 75.0 Å². The second-order valence-corrected chi connectivity index (χ2v) is 7.68. The van der Waals surface area contributed by atoms with E-state index in [1.165, 1.54) is 11.8 Å². The fraction of sp³-hybridized carbons (Fsp3) is 0.238. The van der Waals surface area contributed by atoms with Gasteiger partial charge in [-0.3, -0.25) is 4.79 Å². The van der Waals surface area contributed by atoms with E-state index in [0.717, 1.165) is 33.2 Å². The van der Waals surface area contributed by atoms with Crippen LogP contribution in [0.4, 0.5) is 5.69 Å². The summed E-state index contributed by atoms with van der Waals surface area (Å²) in [5.74, 6) is -0.0170. The van der Waals surface area contributed by atoms with E-state index < -0.39 is 0 Å². The number of carbonyl (C=O) groups is 1. The molecule has 0 radical (unpaired) electrons. The lowest BCUT2D eigenvalue weighted by atomic mass is 10.1. The van der Waals surface area contributed by atoms with Crippen LogP contribution in [0.5, 0.6) is 0 Å². The number of amides is 1. The Morgan fingerprint density at radius 1 is 1.08 bits per heavy atom. The number of nitrogens with zero attached hydrogens (tertiary/aromatic N) is 2. The Morgan fingerprint density at radius 2 is 1.73 bits per heavy atom. The van der Waals surface area contributed by atoms with E-state index in [0.29, 0.717) is 0 Å². The molecule has 2 aromatic carbocycles. The second-order valence-electron chi connectivity index (χ2n) is 6.37. The molecule has 1 N–H and O–H groups in total. The Balaban J connectivity index is 1.73. The van der Waals surface area contributed by atoms with Gasteiger partial charge in [0.05, 0.1) is 17.1 Å². The van der Waals surface area contributed by atoms with Crippen molar-refractivity contribution >= 4 is 23.4 Å². The minimum Gasteiger partial charge on any atom is -0.325 e. The second kappa shape index (κ2) is 7.79. The molecule has 0 spiro atoms. The lowest BCUT2D eigenvalue weighted by molar-refractivity contribution is -0.115. The van der Waals surface area contributed by atoms with Gasteiger partial charge in [0, 0.05) is 12.7 Å². The summed E-state index contributed by atoms with van der Waals surface area (Å²) in [6.45, 7) is 5.92. The Bertz CT molecular complexity index is 898. The van der Waals surface area contributed by atoms with E-state index in [4.69, 9.17) is 0 Å². The van der Waals surface area contributed by atoms with Gasteiger partial charge in [-0.25, -0.2) is 4.98 Å². The maximum absolute atomic E-state index is 12.6. The predicted molar refractivity (Wildman–Crippen MR) is 109 cm³/mol. The number of hydrogen-bond acceptors (Lipinski definition) is 3. The summed E-state index contributed by atoms with van der Waals surface area (Å²) in [6, 6.07) is 16.1. The number of nitrogens with one attached hydrogen (secondary N) is 1. The predicted octanol–water partition coefficient (Wildman–Crippen LogP) is 4.82. The molecule has 4 nitrogen and oxygen atoms in total. The monoisotopic (exact) mass is 365 g/mol. The summed E-state index contributed by atoms with van der Waals surface area (Å²) in [7, 11) is 1.98. The zero-order valence-corrected chi connectivity index (χ0v) is 16.3. The van der Waals surface area contributed by atoms with Crippen LogP contribution in [0.15, 0.2) is 59.9 Å².